The van der Waals surface area contributed by atoms with Gasteiger partial charge in [0.1, 0.15) is 5.82 Å². The summed E-state index contributed by atoms with van der Waals surface area (Å²) in [4.78, 5) is 12.8. The Morgan fingerprint density at radius 1 is 0.972 bits per heavy atom. The predicted molar refractivity (Wildman–Crippen MR) is 136 cm³/mol. The summed E-state index contributed by atoms with van der Waals surface area (Å²) in [5, 5.41) is 2.58. The average molecular weight is 554 g/mol. The van der Waals surface area contributed by atoms with E-state index in [1.165, 1.54) is 49.5 Å². The van der Waals surface area contributed by atoms with E-state index in [-0.39, 0.29) is 26.1 Å². The van der Waals surface area contributed by atoms with Gasteiger partial charge in [0.15, 0.2) is 0 Å². The molecule has 3 aromatic carbocycles. The van der Waals surface area contributed by atoms with Crippen LogP contribution < -0.4 is 10.0 Å². The number of halogens is 2. The Hall–Kier alpha value is -2.83. The van der Waals surface area contributed by atoms with Crippen molar-refractivity contribution in [1.29, 1.82) is 0 Å². The number of hydrogen-bond acceptors (Lipinski definition) is 5. The molecule has 192 valence electrons. The molecule has 3 aromatic rings. The van der Waals surface area contributed by atoms with Gasteiger partial charge in [0.2, 0.25) is 26.0 Å². The quantitative estimate of drug-likeness (QED) is 0.418. The van der Waals surface area contributed by atoms with Gasteiger partial charge in [-0.2, -0.15) is 4.31 Å². The Kier molecular flexibility index (Phi) is 8.52. The molecule has 0 radical (unpaired) electrons. The van der Waals surface area contributed by atoms with E-state index in [4.69, 9.17) is 11.6 Å². The second kappa shape index (κ2) is 11.1. The first-order valence-electron chi connectivity index (χ1n) is 10.7. The highest BCUT2D eigenvalue weighted by atomic mass is 35.5. The lowest BCUT2D eigenvalue weighted by atomic mass is 10.2. The zero-order chi connectivity index (χ0) is 26.7. The number of sulfonamides is 2. The molecule has 12 heteroatoms. The minimum atomic E-state index is -4.24. The SMILES string of the molecule is CNS(=O)(=O)c1ccc(C)c(NC(=O)CN(Cc2c(F)cccc2Cl)S(=O)(=O)c2ccc(C)cc2)c1. The summed E-state index contributed by atoms with van der Waals surface area (Å²) in [5.41, 5.74) is 1.50. The van der Waals surface area contributed by atoms with Gasteiger partial charge in [-0.05, 0) is 62.9 Å². The summed E-state index contributed by atoms with van der Waals surface area (Å²) < 4.78 is 68.7. The fourth-order valence-corrected chi connectivity index (χ4v) is 5.66. The van der Waals surface area contributed by atoms with Crippen LogP contribution in [-0.2, 0) is 31.4 Å². The molecule has 0 spiro atoms. The van der Waals surface area contributed by atoms with Crippen LogP contribution in [0.2, 0.25) is 5.02 Å². The predicted octanol–water partition coefficient (Wildman–Crippen LogP) is 3.83. The average Bonchev–Trinajstić information content (AvgIpc) is 2.82. The highest BCUT2D eigenvalue weighted by Crippen LogP contribution is 2.26. The highest BCUT2D eigenvalue weighted by Gasteiger charge is 2.29. The molecule has 8 nitrogen and oxygen atoms in total. The van der Waals surface area contributed by atoms with E-state index >= 15 is 0 Å². The summed E-state index contributed by atoms with van der Waals surface area (Å²) in [6, 6.07) is 14.1. The summed E-state index contributed by atoms with van der Waals surface area (Å²) >= 11 is 6.13. The van der Waals surface area contributed by atoms with Crippen LogP contribution in [0.25, 0.3) is 0 Å². The summed E-state index contributed by atoms with van der Waals surface area (Å²) in [6.07, 6.45) is 0. The fraction of sp³-hybridized carbons (Fsp3) is 0.208. The minimum absolute atomic E-state index is 0.0142. The number of hydrogen-bond donors (Lipinski definition) is 2. The van der Waals surface area contributed by atoms with Crippen molar-refractivity contribution in [2.45, 2.75) is 30.2 Å². The number of nitrogens with zero attached hydrogens (tertiary/aromatic N) is 1. The van der Waals surface area contributed by atoms with Crippen molar-refractivity contribution < 1.29 is 26.0 Å². The third kappa shape index (κ3) is 6.29. The Bertz CT molecular complexity index is 1470. The van der Waals surface area contributed by atoms with Crippen molar-refractivity contribution in [2.75, 3.05) is 18.9 Å². The number of benzene rings is 3. The molecule has 1 amide bonds. The number of anilines is 1. The first kappa shape index (κ1) is 27.8. The Morgan fingerprint density at radius 3 is 2.22 bits per heavy atom. The van der Waals surface area contributed by atoms with Gasteiger partial charge in [0, 0.05) is 22.8 Å². The third-order valence-electron chi connectivity index (χ3n) is 5.44. The number of carbonyl (C=O) groups is 1. The monoisotopic (exact) mass is 553 g/mol. The first-order chi connectivity index (χ1) is 16.8. The molecule has 36 heavy (non-hydrogen) atoms. The van der Waals surface area contributed by atoms with E-state index in [1.807, 2.05) is 0 Å². The Balaban J connectivity index is 1.96. The van der Waals surface area contributed by atoms with E-state index < -0.39 is 44.9 Å². The fourth-order valence-electron chi connectivity index (χ4n) is 3.32. The van der Waals surface area contributed by atoms with Crippen molar-refractivity contribution in [3.63, 3.8) is 0 Å². The largest absolute Gasteiger partial charge is 0.325 e. The van der Waals surface area contributed by atoms with E-state index in [0.29, 0.717) is 5.56 Å². The maximum atomic E-state index is 14.5. The number of amides is 1. The molecular weight excluding hydrogens is 529 g/mol. The Labute approximate surface area is 215 Å². The molecule has 0 aromatic heterocycles. The maximum Gasteiger partial charge on any atom is 0.243 e. The zero-order valence-corrected chi connectivity index (χ0v) is 22.1. The van der Waals surface area contributed by atoms with Crippen molar-refractivity contribution in [3.05, 3.63) is 88.2 Å². The molecule has 0 bridgehead atoms. The van der Waals surface area contributed by atoms with E-state index in [9.17, 15) is 26.0 Å². The smallest absolute Gasteiger partial charge is 0.243 e. The molecule has 0 saturated heterocycles. The van der Waals surface area contributed by atoms with Crippen LogP contribution in [0.1, 0.15) is 16.7 Å². The molecule has 2 N–H and O–H groups in total. The second-order valence-electron chi connectivity index (χ2n) is 8.02. The maximum absolute atomic E-state index is 14.5. The first-order valence-corrected chi connectivity index (χ1v) is 14.0. The summed E-state index contributed by atoms with van der Waals surface area (Å²) in [6.45, 7) is 2.28. The standard InChI is InChI=1S/C24H25ClFN3O5S2/c1-16-7-10-18(11-8-16)36(33,34)29(14-20-21(25)5-4-6-22(20)26)15-24(30)28-23-13-19(12-9-17(23)2)35(31,32)27-3/h4-13,27H,14-15H2,1-3H3,(H,28,30). The van der Waals surface area contributed by atoms with Gasteiger partial charge >= 0.3 is 0 Å². The second-order valence-corrected chi connectivity index (χ2v) is 12.3. The van der Waals surface area contributed by atoms with Crippen molar-refractivity contribution in [2.24, 2.45) is 0 Å². The molecule has 0 aliphatic rings. The summed E-state index contributed by atoms with van der Waals surface area (Å²) in [5.74, 6) is -1.46. The molecule has 0 aliphatic carbocycles. The van der Waals surface area contributed by atoms with Gasteiger partial charge < -0.3 is 5.32 Å². The number of nitrogens with one attached hydrogen (secondary N) is 2. The lowest BCUT2D eigenvalue weighted by Crippen LogP contribution is -2.38. The van der Waals surface area contributed by atoms with Gasteiger partial charge in [0.25, 0.3) is 0 Å². The van der Waals surface area contributed by atoms with Crippen LogP contribution in [-0.4, -0.2) is 40.6 Å². The Morgan fingerprint density at radius 2 is 1.61 bits per heavy atom. The van der Waals surface area contributed by atoms with Crippen LogP contribution in [0, 0.1) is 19.7 Å². The molecule has 3 rings (SSSR count). The van der Waals surface area contributed by atoms with E-state index in [0.717, 1.165) is 15.9 Å². The number of aryl methyl sites for hydroxylation is 2. The molecule has 0 unspecified atom stereocenters. The van der Waals surface area contributed by atoms with Crippen LogP contribution >= 0.6 is 11.6 Å². The zero-order valence-electron chi connectivity index (χ0n) is 19.7. The lowest BCUT2D eigenvalue weighted by molar-refractivity contribution is -0.116. The van der Waals surface area contributed by atoms with Gasteiger partial charge in [-0.15, -0.1) is 0 Å². The molecule has 0 heterocycles. The van der Waals surface area contributed by atoms with E-state index in [2.05, 4.69) is 10.0 Å². The van der Waals surface area contributed by atoms with Crippen LogP contribution in [0.5, 0.6) is 0 Å². The topological polar surface area (TPSA) is 113 Å². The molecule has 0 aliphatic heterocycles. The normalized spacial score (nSPS) is 12.1. The van der Waals surface area contributed by atoms with Gasteiger partial charge in [-0.3, -0.25) is 4.79 Å². The number of carbonyl (C=O) groups excluding carboxylic acids is 1. The molecule has 0 fully saturated rings. The van der Waals surface area contributed by atoms with Gasteiger partial charge in [0.05, 0.1) is 16.3 Å². The van der Waals surface area contributed by atoms with Gasteiger partial charge in [-0.1, -0.05) is 41.4 Å². The molecule has 0 saturated carbocycles. The lowest BCUT2D eigenvalue weighted by Gasteiger charge is -2.23. The van der Waals surface area contributed by atoms with Crippen molar-refractivity contribution >= 4 is 43.2 Å². The third-order valence-corrected chi connectivity index (χ3v) is 9.01. The molecule has 0 atom stereocenters. The van der Waals surface area contributed by atoms with E-state index in [1.54, 1.807) is 26.0 Å². The highest BCUT2D eigenvalue weighted by molar-refractivity contribution is 7.89. The van der Waals surface area contributed by atoms with Gasteiger partial charge in [-0.25, -0.2) is 25.9 Å². The van der Waals surface area contributed by atoms with Crippen LogP contribution in [0.3, 0.4) is 0 Å². The van der Waals surface area contributed by atoms with Crippen LogP contribution in [0.4, 0.5) is 10.1 Å². The minimum Gasteiger partial charge on any atom is -0.325 e. The van der Waals surface area contributed by atoms with Crippen LogP contribution in [0.15, 0.2) is 70.5 Å². The van der Waals surface area contributed by atoms with Crippen molar-refractivity contribution in [3.8, 4) is 0 Å². The number of rotatable bonds is 9. The van der Waals surface area contributed by atoms with Crippen molar-refractivity contribution in [1.82, 2.24) is 9.03 Å². The molecular formula is C24H25ClFN3O5S2. The summed E-state index contributed by atoms with van der Waals surface area (Å²) in [7, 11) is -6.76.